The minimum Gasteiger partial charge on any atom is -0.322 e. The summed E-state index contributed by atoms with van der Waals surface area (Å²) in [7, 11) is 0. The molecule has 0 atom stereocenters. The van der Waals surface area contributed by atoms with Gasteiger partial charge in [-0.15, -0.1) is 0 Å². The number of halogens is 4. The number of anilines is 1. The fourth-order valence-electron chi connectivity index (χ4n) is 1.45. The maximum absolute atomic E-state index is 13.5. The average Bonchev–Trinajstić information content (AvgIpc) is 2.33. The van der Waals surface area contributed by atoms with E-state index >= 15 is 0 Å². The second-order valence-corrected chi connectivity index (χ2v) is 5.00. The number of carbonyl (C=O) groups is 1. The van der Waals surface area contributed by atoms with Gasteiger partial charge in [0.1, 0.15) is 11.6 Å². The van der Waals surface area contributed by atoms with Gasteiger partial charge in [-0.3, -0.25) is 4.79 Å². The maximum atomic E-state index is 13.5. The average molecular weight is 347 g/mol. The molecular formula is C13H7BrClF2NO. The van der Waals surface area contributed by atoms with E-state index in [1.54, 1.807) is 0 Å². The van der Waals surface area contributed by atoms with Crippen molar-refractivity contribution in [3.8, 4) is 0 Å². The van der Waals surface area contributed by atoms with Crippen molar-refractivity contribution in [1.82, 2.24) is 0 Å². The van der Waals surface area contributed by atoms with Gasteiger partial charge in [-0.2, -0.15) is 0 Å². The second-order valence-electron chi connectivity index (χ2n) is 3.71. The summed E-state index contributed by atoms with van der Waals surface area (Å²) in [5, 5.41) is 2.60. The summed E-state index contributed by atoms with van der Waals surface area (Å²) >= 11 is 8.59. The van der Waals surface area contributed by atoms with Crippen molar-refractivity contribution < 1.29 is 13.6 Å². The Balaban J connectivity index is 2.23. The third-order valence-electron chi connectivity index (χ3n) is 2.35. The third-order valence-corrected chi connectivity index (χ3v) is 3.23. The smallest absolute Gasteiger partial charge is 0.258 e. The molecule has 2 nitrogen and oxygen atoms in total. The van der Waals surface area contributed by atoms with E-state index in [1.807, 2.05) is 0 Å². The summed E-state index contributed by atoms with van der Waals surface area (Å²) in [5.41, 5.74) is 0.0766. The highest BCUT2D eigenvalue weighted by Gasteiger charge is 2.12. The van der Waals surface area contributed by atoms with Crippen LogP contribution in [0.15, 0.2) is 40.9 Å². The van der Waals surface area contributed by atoms with Crippen LogP contribution in [-0.4, -0.2) is 5.91 Å². The Morgan fingerprint density at radius 1 is 1.11 bits per heavy atom. The largest absolute Gasteiger partial charge is 0.322 e. The first kappa shape index (κ1) is 14.0. The lowest BCUT2D eigenvalue weighted by molar-refractivity contribution is 0.102. The van der Waals surface area contributed by atoms with Gasteiger partial charge >= 0.3 is 0 Å². The minimum atomic E-state index is -0.734. The molecule has 0 heterocycles. The van der Waals surface area contributed by atoms with Gasteiger partial charge in [-0.25, -0.2) is 8.78 Å². The van der Waals surface area contributed by atoms with Crippen LogP contribution in [0.3, 0.4) is 0 Å². The second kappa shape index (κ2) is 5.67. The van der Waals surface area contributed by atoms with Gasteiger partial charge < -0.3 is 5.32 Å². The van der Waals surface area contributed by atoms with Crippen LogP contribution in [0.1, 0.15) is 10.4 Å². The number of nitrogens with one attached hydrogen (secondary N) is 1. The van der Waals surface area contributed by atoms with Crippen LogP contribution in [0.5, 0.6) is 0 Å². The van der Waals surface area contributed by atoms with E-state index in [0.29, 0.717) is 0 Å². The van der Waals surface area contributed by atoms with Gasteiger partial charge in [0.05, 0.1) is 10.0 Å². The van der Waals surface area contributed by atoms with Crippen LogP contribution in [0.4, 0.5) is 14.5 Å². The molecule has 0 aromatic heterocycles. The van der Waals surface area contributed by atoms with Crippen LogP contribution in [0.25, 0.3) is 0 Å². The van der Waals surface area contributed by atoms with Crippen molar-refractivity contribution in [1.29, 1.82) is 0 Å². The van der Waals surface area contributed by atoms with Crippen molar-refractivity contribution in [3.63, 3.8) is 0 Å². The summed E-state index contributed by atoms with van der Waals surface area (Å²) < 4.78 is 27.1. The Morgan fingerprint density at radius 3 is 2.47 bits per heavy atom. The van der Waals surface area contributed by atoms with Crippen LogP contribution >= 0.6 is 27.5 Å². The number of amides is 1. The van der Waals surface area contributed by atoms with Gasteiger partial charge in [0.2, 0.25) is 0 Å². The zero-order chi connectivity index (χ0) is 14.0. The lowest BCUT2D eigenvalue weighted by Gasteiger charge is -2.07. The van der Waals surface area contributed by atoms with Gasteiger partial charge in [0, 0.05) is 10.7 Å². The molecule has 6 heteroatoms. The Kier molecular flexibility index (Phi) is 4.17. The highest BCUT2D eigenvalue weighted by Crippen LogP contribution is 2.21. The number of benzene rings is 2. The lowest BCUT2D eigenvalue weighted by Crippen LogP contribution is -2.13. The number of hydrogen-bond acceptors (Lipinski definition) is 1. The Bertz CT molecular complexity index is 649. The van der Waals surface area contributed by atoms with Gasteiger partial charge in [-0.05, 0) is 52.3 Å². The summed E-state index contributed by atoms with van der Waals surface area (Å²) in [6.45, 7) is 0. The fourth-order valence-corrected chi connectivity index (χ4v) is 1.85. The van der Waals surface area contributed by atoms with Crippen molar-refractivity contribution in [2.75, 3.05) is 5.32 Å². The minimum absolute atomic E-state index is 0.160. The predicted molar refractivity (Wildman–Crippen MR) is 73.5 cm³/mol. The molecule has 0 aliphatic heterocycles. The SMILES string of the molecule is O=C(Nc1ccc(Br)c(F)c1)c1ccc(Cl)cc1F. The van der Waals surface area contributed by atoms with E-state index in [9.17, 15) is 13.6 Å². The topological polar surface area (TPSA) is 29.1 Å². The van der Waals surface area contributed by atoms with E-state index in [0.717, 1.165) is 12.1 Å². The predicted octanol–water partition coefficient (Wildman–Crippen LogP) is 4.63. The molecule has 0 fully saturated rings. The molecule has 1 N–H and O–H groups in total. The molecule has 0 spiro atoms. The van der Waals surface area contributed by atoms with Gasteiger partial charge in [-0.1, -0.05) is 11.6 Å². The van der Waals surface area contributed by atoms with E-state index in [1.165, 1.54) is 24.3 Å². The molecule has 0 radical (unpaired) electrons. The van der Waals surface area contributed by atoms with Crippen LogP contribution in [0, 0.1) is 11.6 Å². The monoisotopic (exact) mass is 345 g/mol. The first-order valence-electron chi connectivity index (χ1n) is 5.19. The molecule has 0 saturated heterocycles. The van der Waals surface area contributed by atoms with Crippen molar-refractivity contribution in [3.05, 3.63) is 63.1 Å². The molecule has 0 aliphatic carbocycles. The molecule has 0 unspecified atom stereocenters. The molecular weight excluding hydrogens is 340 g/mol. The summed E-state index contributed by atoms with van der Waals surface area (Å²) in [6.07, 6.45) is 0. The number of carbonyl (C=O) groups excluding carboxylic acids is 1. The quantitative estimate of drug-likeness (QED) is 0.844. The molecule has 2 rings (SSSR count). The van der Waals surface area contributed by atoms with Gasteiger partial charge in [0.15, 0.2) is 0 Å². The number of rotatable bonds is 2. The van der Waals surface area contributed by atoms with E-state index < -0.39 is 17.5 Å². The normalized spacial score (nSPS) is 10.3. The fraction of sp³-hybridized carbons (Fsp3) is 0. The van der Waals surface area contributed by atoms with Crippen LogP contribution in [-0.2, 0) is 0 Å². The molecule has 0 bridgehead atoms. The molecule has 2 aromatic carbocycles. The lowest BCUT2D eigenvalue weighted by atomic mass is 10.2. The van der Waals surface area contributed by atoms with Crippen molar-refractivity contribution in [2.45, 2.75) is 0 Å². The van der Waals surface area contributed by atoms with E-state index in [4.69, 9.17) is 11.6 Å². The third kappa shape index (κ3) is 3.30. The zero-order valence-corrected chi connectivity index (χ0v) is 11.7. The summed E-state index contributed by atoms with van der Waals surface area (Å²) in [6, 6.07) is 7.79. The highest BCUT2D eigenvalue weighted by molar-refractivity contribution is 9.10. The van der Waals surface area contributed by atoms with Gasteiger partial charge in [0.25, 0.3) is 5.91 Å². The van der Waals surface area contributed by atoms with Crippen molar-refractivity contribution >= 4 is 39.1 Å². The first-order valence-corrected chi connectivity index (χ1v) is 6.36. The summed E-state index contributed by atoms with van der Waals surface area (Å²) in [5.74, 6) is -1.92. The molecule has 1 amide bonds. The zero-order valence-electron chi connectivity index (χ0n) is 9.38. The van der Waals surface area contributed by atoms with Crippen LogP contribution in [0.2, 0.25) is 5.02 Å². The molecule has 0 saturated carbocycles. The van der Waals surface area contributed by atoms with E-state index in [-0.39, 0.29) is 20.7 Å². The van der Waals surface area contributed by atoms with E-state index in [2.05, 4.69) is 21.2 Å². The Hall–Kier alpha value is -1.46. The molecule has 19 heavy (non-hydrogen) atoms. The molecule has 2 aromatic rings. The molecule has 98 valence electrons. The Labute approximate surface area is 121 Å². The molecule has 0 aliphatic rings. The Morgan fingerprint density at radius 2 is 1.84 bits per heavy atom. The summed E-state index contributed by atoms with van der Waals surface area (Å²) in [4.78, 5) is 11.8. The van der Waals surface area contributed by atoms with Crippen molar-refractivity contribution in [2.24, 2.45) is 0 Å². The van der Waals surface area contributed by atoms with Crippen LogP contribution < -0.4 is 5.32 Å². The standard InChI is InChI=1S/C13H7BrClF2NO/c14-10-4-2-8(6-12(10)17)18-13(19)9-3-1-7(15)5-11(9)16/h1-6H,(H,18,19). The number of hydrogen-bond donors (Lipinski definition) is 1. The highest BCUT2D eigenvalue weighted by atomic mass is 79.9. The first-order chi connectivity index (χ1) is 8.97. The maximum Gasteiger partial charge on any atom is 0.258 e.